The Morgan fingerprint density at radius 2 is 1.28 bits per heavy atom. The fourth-order valence-corrected chi connectivity index (χ4v) is 2.17. The van der Waals surface area contributed by atoms with Gasteiger partial charge in [-0.25, -0.2) is 0 Å². The van der Waals surface area contributed by atoms with Gasteiger partial charge in [0.25, 0.3) is 20.2 Å². The summed E-state index contributed by atoms with van der Waals surface area (Å²) in [6.45, 7) is 0. The Labute approximate surface area is 145 Å². The van der Waals surface area contributed by atoms with Gasteiger partial charge < -0.3 is 9.90 Å². The van der Waals surface area contributed by atoms with Gasteiger partial charge in [-0.2, -0.15) is 16.8 Å². The Hall–Kier alpha value is 0.146. The van der Waals surface area contributed by atoms with E-state index >= 15 is 0 Å². The molecule has 0 aromatic heterocycles. The number of carbonyl (C=O) groups excluding carboxylic acids is 1. The van der Waals surface area contributed by atoms with Crippen molar-refractivity contribution in [3.63, 3.8) is 0 Å². The minimum absolute atomic E-state index is 0. The first-order valence-corrected chi connectivity index (χ1v) is 6.71. The molecule has 0 spiro atoms. The molecule has 1 rings (SSSR count). The molecule has 0 fully saturated rings. The van der Waals surface area contributed by atoms with Gasteiger partial charge in [-0.1, -0.05) is 0 Å². The minimum atomic E-state index is -4.81. The van der Waals surface area contributed by atoms with Crippen molar-refractivity contribution in [1.82, 2.24) is 0 Å². The van der Waals surface area contributed by atoms with Crippen molar-refractivity contribution in [1.29, 1.82) is 0 Å². The Bertz CT molecular complexity index is 625. The van der Waals surface area contributed by atoms with E-state index in [2.05, 4.69) is 0 Å². The van der Waals surface area contributed by atoms with Crippen LogP contribution < -0.4 is 56.5 Å². The van der Waals surface area contributed by atoms with Gasteiger partial charge in [-0.05, 0) is 23.8 Å². The van der Waals surface area contributed by atoms with Crippen molar-refractivity contribution >= 4 is 26.2 Å². The monoisotopic (exact) mass is 320 g/mol. The number of hydrogen-bond donors (Lipinski definition) is 2. The van der Waals surface area contributed by atoms with E-state index in [1.54, 1.807) is 0 Å². The van der Waals surface area contributed by atoms with Crippen LogP contribution in [0.3, 0.4) is 0 Å². The molecule has 0 saturated heterocycles. The van der Waals surface area contributed by atoms with Gasteiger partial charge in [0, 0.05) is 0 Å². The number of rotatable bonds is 3. The fourth-order valence-electron chi connectivity index (χ4n) is 0.987. The predicted octanol–water partition coefficient (Wildman–Crippen LogP) is -4.45. The van der Waals surface area contributed by atoms with Gasteiger partial charge in [0.2, 0.25) is 0 Å². The molecule has 18 heavy (non-hydrogen) atoms. The summed E-state index contributed by atoms with van der Waals surface area (Å²) in [5.74, 6) is -1.86. The van der Waals surface area contributed by atoms with E-state index in [0.29, 0.717) is 18.2 Å². The van der Waals surface area contributed by atoms with Gasteiger partial charge in [0.1, 0.15) is 0 Å². The molecule has 0 aliphatic rings. The summed E-state index contributed by atoms with van der Waals surface area (Å²) in [5, 5.41) is 10.5. The first-order chi connectivity index (χ1) is 7.51. The topological polar surface area (TPSA) is 149 Å². The number of carboxylic acid groups (broad SMARTS) is 1. The molecule has 0 atom stereocenters. The van der Waals surface area contributed by atoms with Crippen LogP contribution in [-0.4, -0.2) is 31.9 Å². The van der Waals surface area contributed by atoms with E-state index in [1.807, 2.05) is 0 Å². The second-order valence-electron chi connectivity index (χ2n) is 2.93. The maximum Gasteiger partial charge on any atom is 1.00 e. The third-order valence-corrected chi connectivity index (χ3v) is 3.37. The van der Waals surface area contributed by atoms with Crippen molar-refractivity contribution < 1.29 is 87.2 Å². The minimum Gasteiger partial charge on any atom is -0.545 e. The van der Waals surface area contributed by atoms with Crippen molar-refractivity contribution in [3.8, 4) is 0 Å². The third kappa shape index (κ3) is 4.68. The average molecular weight is 320 g/mol. The zero-order valence-corrected chi connectivity index (χ0v) is 13.6. The van der Waals surface area contributed by atoms with E-state index < -0.39 is 41.6 Å². The van der Waals surface area contributed by atoms with Crippen LogP contribution >= 0.6 is 0 Å². The maximum absolute atomic E-state index is 10.8. The molecule has 8 nitrogen and oxygen atoms in total. The molecular formula is C7H5KO8S2. The van der Waals surface area contributed by atoms with Gasteiger partial charge in [-0.3, -0.25) is 9.11 Å². The summed E-state index contributed by atoms with van der Waals surface area (Å²) in [6, 6.07) is 1.41. The van der Waals surface area contributed by atoms with Crippen LogP contribution in [0.4, 0.5) is 0 Å². The van der Waals surface area contributed by atoms with Gasteiger partial charge in [0.15, 0.2) is 0 Å². The summed E-state index contributed by atoms with van der Waals surface area (Å²) in [4.78, 5) is 8.54. The third-order valence-electron chi connectivity index (χ3n) is 1.71. The SMILES string of the molecule is O=C([O-])c1cc(S(=O)(=O)O)cc(S(=O)(=O)O)c1.[K+]. The quantitative estimate of drug-likeness (QED) is 0.418. The zero-order chi connectivity index (χ0) is 13.4. The zero-order valence-electron chi connectivity index (χ0n) is 8.89. The maximum atomic E-state index is 10.8. The van der Waals surface area contributed by atoms with Crippen molar-refractivity contribution in [2.45, 2.75) is 9.79 Å². The average Bonchev–Trinajstić information content (AvgIpc) is 2.14. The van der Waals surface area contributed by atoms with Gasteiger partial charge >= 0.3 is 51.4 Å². The number of aromatic carboxylic acids is 1. The molecule has 0 saturated carbocycles. The first kappa shape index (κ1) is 18.1. The molecule has 0 amide bonds. The van der Waals surface area contributed by atoms with E-state index in [0.717, 1.165) is 0 Å². The first-order valence-electron chi connectivity index (χ1n) is 3.83. The number of benzene rings is 1. The van der Waals surface area contributed by atoms with Crippen LogP contribution in [0.5, 0.6) is 0 Å². The Kier molecular flexibility index (Phi) is 6.12. The molecule has 0 bridgehead atoms. The summed E-state index contributed by atoms with van der Waals surface area (Å²) in [7, 11) is -9.62. The molecule has 11 heteroatoms. The molecule has 2 N–H and O–H groups in total. The summed E-state index contributed by atoms with van der Waals surface area (Å²) in [5.41, 5.74) is -0.812. The van der Waals surface area contributed by atoms with E-state index in [9.17, 15) is 26.7 Å². The smallest absolute Gasteiger partial charge is 0.545 e. The van der Waals surface area contributed by atoms with E-state index in [1.165, 1.54) is 0 Å². The van der Waals surface area contributed by atoms with Crippen molar-refractivity contribution in [2.75, 3.05) is 0 Å². The predicted molar refractivity (Wildman–Crippen MR) is 50.4 cm³/mol. The Morgan fingerprint density at radius 1 is 0.944 bits per heavy atom. The Balaban J connectivity index is 0.00000289. The molecule has 1 aromatic rings. The fraction of sp³-hybridized carbons (Fsp3) is 0. The normalized spacial score (nSPS) is 11.7. The largest absolute Gasteiger partial charge is 1.00 e. The van der Waals surface area contributed by atoms with Crippen molar-refractivity contribution in [3.05, 3.63) is 23.8 Å². The number of carboxylic acids is 1. The van der Waals surface area contributed by atoms with Crippen LogP contribution in [0.25, 0.3) is 0 Å². The molecule has 0 aliphatic heterocycles. The summed E-state index contributed by atoms with van der Waals surface area (Å²) >= 11 is 0. The molecule has 1 aromatic carbocycles. The van der Waals surface area contributed by atoms with Gasteiger partial charge in [-0.15, -0.1) is 0 Å². The van der Waals surface area contributed by atoms with E-state index in [4.69, 9.17) is 9.11 Å². The number of hydrogen-bond acceptors (Lipinski definition) is 6. The summed E-state index contributed by atoms with van der Waals surface area (Å²) in [6.07, 6.45) is 0. The standard InChI is InChI=1S/C7H6O8S2.K/c8-7(9)4-1-5(16(10,11)12)3-6(2-4)17(13,14)15;/h1-3H,(H,8,9)(H,10,11,12)(H,13,14,15);/q;+1/p-1. The molecule has 0 heterocycles. The second kappa shape index (κ2) is 6.07. The van der Waals surface area contributed by atoms with Crippen LogP contribution in [0.1, 0.15) is 10.4 Å². The Morgan fingerprint density at radius 3 is 1.50 bits per heavy atom. The molecule has 94 valence electrons. The molecular weight excluding hydrogens is 315 g/mol. The van der Waals surface area contributed by atoms with Crippen LogP contribution in [0, 0.1) is 0 Å². The van der Waals surface area contributed by atoms with Crippen LogP contribution in [-0.2, 0) is 20.2 Å². The molecule has 0 unspecified atom stereocenters. The van der Waals surface area contributed by atoms with Crippen LogP contribution in [0.15, 0.2) is 28.0 Å². The van der Waals surface area contributed by atoms with Crippen LogP contribution in [0.2, 0.25) is 0 Å². The second-order valence-corrected chi connectivity index (χ2v) is 5.77. The molecule has 0 radical (unpaired) electrons. The molecule has 0 aliphatic carbocycles. The number of carbonyl (C=O) groups is 1. The van der Waals surface area contributed by atoms with Crippen molar-refractivity contribution in [2.24, 2.45) is 0 Å². The van der Waals surface area contributed by atoms with E-state index in [-0.39, 0.29) is 51.4 Å². The van der Waals surface area contributed by atoms with Gasteiger partial charge in [0.05, 0.1) is 15.8 Å². The summed E-state index contributed by atoms with van der Waals surface area (Å²) < 4.78 is 60.3.